The quantitative estimate of drug-likeness (QED) is 0.903. The van der Waals surface area contributed by atoms with Crippen LogP contribution in [0.3, 0.4) is 0 Å². The fraction of sp³-hybridized carbons (Fsp3) is 0.867. The smallest absolute Gasteiger partial charge is 0.229 e. The fourth-order valence-corrected chi connectivity index (χ4v) is 2.73. The van der Waals surface area contributed by atoms with E-state index in [0.717, 1.165) is 24.7 Å². The van der Waals surface area contributed by atoms with E-state index in [-0.39, 0.29) is 11.5 Å². The largest absolute Gasteiger partial charge is 0.339 e. The Bertz CT molecular complexity index is 405. The van der Waals surface area contributed by atoms with E-state index in [0.29, 0.717) is 11.7 Å². The van der Waals surface area contributed by atoms with Gasteiger partial charge in [0.25, 0.3) is 0 Å². The highest BCUT2D eigenvalue weighted by molar-refractivity contribution is 5.07. The third-order valence-corrected chi connectivity index (χ3v) is 4.85. The molecule has 1 saturated carbocycles. The molecule has 0 radical (unpaired) electrons. The Kier molecular flexibility index (Phi) is 4.29. The first-order valence-electron chi connectivity index (χ1n) is 7.59. The molecule has 1 aliphatic carbocycles. The second kappa shape index (κ2) is 5.61. The lowest BCUT2D eigenvalue weighted by Crippen LogP contribution is -2.41. The van der Waals surface area contributed by atoms with Crippen molar-refractivity contribution in [3.63, 3.8) is 0 Å². The summed E-state index contributed by atoms with van der Waals surface area (Å²) in [7, 11) is 0. The lowest BCUT2D eigenvalue weighted by atomic mass is 9.76. The highest BCUT2D eigenvalue weighted by atomic mass is 16.5. The molecule has 0 aliphatic heterocycles. The van der Waals surface area contributed by atoms with Crippen molar-refractivity contribution in [1.29, 1.82) is 0 Å². The summed E-state index contributed by atoms with van der Waals surface area (Å²) in [5.41, 5.74) is 6.13. The van der Waals surface area contributed by atoms with E-state index >= 15 is 0 Å². The molecule has 1 unspecified atom stereocenters. The second-order valence-corrected chi connectivity index (χ2v) is 6.50. The fourth-order valence-electron chi connectivity index (χ4n) is 2.73. The molecule has 108 valence electrons. The first-order chi connectivity index (χ1) is 8.96. The van der Waals surface area contributed by atoms with Gasteiger partial charge in [0.1, 0.15) is 0 Å². The van der Waals surface area contributed by atoms with E-state index in [1.165, 1.54) is 19.3 Å². The second-order valence-electron chi connectivity index (χ2n) is 6.50. The molecule has 0 saturated heterocycles. The molecule has 19 heavy (non-hydrogen) atoms. The van der Waals surface area contributed by atoms with Gasteiger partial charge in [-0.25, -0.2) is 0 Å². The molecule has 2 N–H and O–H groups in total. The minimum absolute atomic E-state index is 0.289. The molecule has 1 aromatic rings. The number of nitrogens with two attached hydrogens (primary N) is 1. The van der Waals surface area contributed by atoms with Crippen LogP contribution in [0.25, 0.3) is 0 Å². The summed E-state index contributed by atoms with van der Waals surface area (Å²) in [6.07, 6.45) is 5.55. The van der Waals surface area contributed by atoms with Gasteiger partial charge in [-0.1, -0.05) is 39.3 Å². The Morgan fingerprint density at radius 3 is 2.47 bits per heavy atom. The van der Waals surface area contributed by atoms with Crippen molar-refractivity contribution in [1.82, 2.24) is 10.1 Å². The Morgan fingerprint density at radius 1 is 1.32 bits per heavy atom. The average molecular weight is 265 g/mol. The SMILES string of the molecule is CCC1CCC(N)(c2noc(C(C)C(C)C)n2)CC1. The van der Waals surface area contributed by atoms with Crippen LogP contribution in [0.1, 0.15) is 77.4 Å². The van der Waals surface area contributed by atoms with Crippen LogP contribution in [0.4, 0.5) is 0 Å². The van der Waals surface area contributed by atoms with Crippen molar-refractivity contribution in [2.24, 2.45) is 17.6 Å². The Labute approximate surface area is 116 Å². The summed E-state index contributed by atoms with van der Waals surface area (Å²) >= 11 is 0. The van der Waals surface area contributed by atoms with Crippen molar-refractivity contribution in [3.8, 4) is 0 Å². The monoisotopic (exact) mass is 265 g/mol. The van der Waals surface area contributed by atoms with Crippen LogP contribution in [0.2, 0.25) is 0 Å². The highest BCUT2D eigenvalue weighted by Crippen LogP contribution is 2.38. The maximum atomic E-state index is 6.50. The number of rotatable bonds is 4. The minimum atomic E-state index is -0.371. The van der Waals surface area contributed by atoms with Crippen molar-refractivity contribution in [2.45, 2.75) is 71.3 Å². The van der Waals surface area contributed by atoms with Crippen LogP contribution in [-0.4, -0.2) is 10.1 Å². The first kappa shape index (κ1) is 14.5. The predicted molar refractivity (Wildman–Crippen MR) is 75.7 cm³/mol. The summed E-state index contributed by atoms with van der Waals surface area (Å²) in [5, 5.41) is 4.15. The standard InChI is InChI=1S/C15H27N3O/c1-5-12-6-8-15(16,9-7-12)14-17-13(19-18-14)11(4)10(2)3/h10-12H,5-9,16H2,1-4H3. The van der Waals surface area contributed by atoms with Crippen LogP contribution in [-0.2, 0) is 5.54 Å². The lowest BCUT2D eigenvalue weighted by molar-refractivity contribution is 0.216. The molecule has 0 amide bonds. The average Bonchev–Trinajstić information content (AvgIpc) is 2.89. The molecule has 1 aromatic heterocycles. The maximum Gasteiger partial charge on any atom is 0.229 e. The van der Waals surface area contributed by atoms with Gasteiger partial charge in [0.05, 0.1) is 5.54 Å². The Balaban J connectivity index is 2.10. The van der Waals surface area contributed by atoms with Gasteiger partial charge >= 0.3 is 0 Å². The molecule has 4 heteroatoms. The van der Waals surface area contributed by atoms with Crippen LogP contribution in [0.15, 0.2) is 4.52 Å². The zero-order valence-corrected chi connectivity index (χ0v) is 12.6. The van der Waals surface area contributed by atoms with Crippen molar-refractivity contribution >= 4 is 0 Å². The number of aromatic nitrogens is 2. The van der Waals surface area contributed by atoms with E-state index in [2.05, 4.69) is 37.8 Å². The number of nitrogens with zero attached hydrogens (tertiary/aromatic N) is 2. The Morgan fingerprint density at radius 2 is 1.95 bits per heavy atom. The van der Waals surface area contributed by atoms with Crippen LogP contribution >= 0.6 is 0 Å². The van der Waals surface area contributed by atoms with E-state index in [9.17, 15) is 0 Å². The lowest BCUT2D eigenvalue weighted by Gasteiger charge is -2.34. The third-order valence-electron chi connectivity index (χ3n) is 4.85. The van der Waals surface area contributed by atoms with Gasteiger partial charge in [-0.3, -0.25) is 0 Å². The summed E-state index contributed by atoms with van der Waals surface area (Å²) in [4.78, 5) is 4.57. The normalized spacial score (nSPS) is 29.7. The predicted octanol–water partition coefficient (Wildman–Crippen LogP) is 3.58. The molecule has 2 rings (SSSR count). The summed E-state index contributed by atoms with van der Waals surface area (Å²) in [5.74, 6) is 3.05. The molecule has 0 aromatic carbocycles. The van der Waals surface area contributed by atoms with Crippen LogP contribution in [0, 0.1) is 11.8 Å². The van der Waals surface area contributed by atoms with E-state index < -0.39 is 0 Å². The highest BCUT2D eigenvalue weighted by Gasteiger charge is 2.37. The summed E-state index contributed by atoms with van der Waals surface area (Å²) < 4.78 is 5.42. The molecule has 1 heterocycles. The Hall–Kier alpha value is -0.900. The molecular formula is C15H27N3O. The molecular weight excluding hydrogens is 238 g/mol. The van der Waals surface area contributed by atoms with Crippen molar-refractivity contribution < 1.29 is 4.52 Å². The third kappa shape index (κ3) is 2.99. The molecule has 4 nitrogen and oxygen atoms in total. The number of hydrogen-bond donors (Lipinski definition) is 1. The van der Waals surface area contributed by atoms with E-state index in [1.807, 2.05) is 0 Å². The molecule has 1 atom stereocenters. The molecule has 1 aliphatic rings. The van der Waals surface area contributed by atoms with E-state index in [1.54, 1.807) is 0 Å². The van der Waals surface area contributed by atoms with Gasteiger partial charge in [0, 0.05) is 5.92 Å². The minimum Gasteiger partial charge on any atom is -0.339 e. The first-order valence-corrected chi connectivity index (χ1v) is 7.59. The zero-order valence-electron chi connectivity index (χ0n) is 12.6. The molecule has 0 bridgehead atoms. The summed E-state index contributed by atoms with van der Waals surface area (Å²) in [6, 6.07) is 0. The van der Waals surface area contributed by atoms with Crippen molar-refractivity contribution in [2.75, 3.05) is 0 Å². The van der Waals surface area contributed by atoms with Crippen molar-refractivity contribution in [3.05, 3.63) is 11.7 Å². The van der Waals surface area contributed by atoms with Gasteiger partial charge in [-0.2, -0.15) is 4.98 Å². The van der Waals surface area contributed by atoms with Crippen LogP contribution in [0.5, 0.6) is 0 Å². The van der Waals surface area contributed by atoms with Gasteiger partial charge in [0.2, 0.25) is 5.89 Å². The molecule has 1 fully saturated rings. The van der Waals surface area contributed by atoms with Gasteiger partial charge in [-0.15, -0.1) is 0 Å². The molecule has 0 spiro atoms. The summed E-state index contributed by atoms with van der Waals surface area (Å²) in [6.45, 7) is 8.71. The van der Waals surface area contributed by atoms with Gasteiger partial charge < -0.3 is 10.3 Å². The number of hydrogen-bond acceptors (Lipinski definition) is 4. The maximum absolute atomic E-state index is 6.50. The van der Waals surface area contributed by atoms with Crippen LogP contribution < -0.4 is 5.73 Å². The zero-order chi connectivity index (χ0) is 14.0. The van der Waals surface area contributed by atoms with E-state index in [4.69, 9.17) is 10.3 Å². The van der Waals surface area contributed by atoms with Gasteiger partial charge in [-0.05, 0) is 37.5 Å². The topological polar surface area (TPSA) is 64.9 Å². The van der Waals surface area contributed by atoms with Gasteiger partial charge in [0.15, 0.2) is 5.82 Å².